The third kappa shape index (κ3) is 5.19. The Morgan fingerprint density at radius 2 is 0.745 bits per heavy atom. The first-order chi connectivity index (χ1) is 25.3. The largest absolute Gasteiger partial charge is 0.456 e. The Balaban J connectivity index is 1.35. The summed E-state index contributed by atoms with van der Waals surface area (Å²) < 4.78 is 6.65. The maximum absolute atomic E-state index is 6.65. The molecule has 0 saturated heterocycles. The van der Waals surface area contributed by atoms with E-state index < -0.39 is 20.1 Å². The van der Waals surface area contributed by atoms with E-state index in [9.17, 15) is 0 Å². The molecule has 1 aliphatic carbocycles. The monoisotopic (exact) mass is 694 g/mol. The van der Waals surface area contributed by atoms with Crippen LogP contribution < -0.4 is 0 Å². The van der Waals surface area contributed by atoms with Crippen LogP contribution in [0, 0.1) is 0 Å². The fourth-order valence-electron chi connectivity index (χ4n) is 7.75. The molecule has 0 spiro atoms. The molecule has 9 rings (SSSR count). The molecule has 1 aliphatic rings. The van der Waals surface area contributed by atoms with Crippen LogP contribution in [0.25, 0.3) is 21.9 Å². The van der Waals surface area contributed by atoms with Gasteiger partial charge in [0.15, 0.2) is 0 Å². The molecule has 8 aromatic rings. The molecule has 0 amide bonds. The first-order valence-corrected chi connectivity index (χ1v) is 20.8. The Kier molecular flexibility index (Phi) is 8.24. The van der Waals surface area contributed by atoms with Crippen molar-refractivity contribution in [1.29, 1.82) is 0 Å². The van der Waals surface area contributed by atoms with Gasteiger partial charge in [0.1, 0.15) is 11.2 Å². The summed E-state index contributed by atoms with van der Waals surface area (Å²) in [4.78, 5) is 10.7. The number of hydrogen-bond donors (Lipinski definition) is 0. The molecule has 7 aromatic carbocycles. The Hall–Kier alpha value is -5.48. The Morgan fingerprint density at radius 1 is 0.373 bits per heavy atom. The summed E-state index contributed by atoms with van der Waals surface area (Å²) in [7, 11) is -3.61. The van der Waals surface area contributed by atoms with Crippen LogP contribution in [-0.4, -0.2) is 0 Å². The third-order valence-corrected chi connectivity index (χ3v) is 17.9. The second-order valence-corrected chi connectivity index (χ2v) is 19.1. The van der Waals surface area contributed by atoms with Gasteiger partial charge in [-0.05, 0) is 115 Å². The summed E-state index contributed by atoms with van der Waals surface area (Å²) in [5, 5.41) is 2.30. The number of hydrogen-bond acceptors (Lipinski definition) is 1. The van der Waals surface area contributed by atoms with Crippen LogP contribution in [0.2, 0.25) is 0 Å². The molecular formula is C48H38OS2. The van der Waals surface area contributed by atoms with E-state index in [4.69, 9.17) is 4.42 Å². The Morgan fingerprint density at radius 3 is 1.12 bits per heavy atom. The molecule has 0 unspecified atom stereocenters. The summed E-state index contributed by atoms with van der Waals surface area (Å²) >= 11 is 0. The highest BCUT2D eigenvalue weighted by Crippen LogP contribution is 2.75. The van der Waals surface area contributed by atoms with Crippen LogP contribution in [0.5, 0.6) is 0 Å². The van der Waals surface area contributed by atoms with Gasteiger partial charge in [0.25, 0.3) is 0 Å². The lowest BCUT2D eigenvalue weighted by atomic mass is 10.1. The van der Waals surface area contributed by atoms with Gasteiger partial charge in [-0.2, -0.15) is 0 Å². The maximum Gasteiger partial charge on any atom is 0.135 e. The molecule has 0 N–H and O–H groups in total. The van der Waals surface area contributed by atoms with Crippen LogP contribution in [0.15, 0.2) is 250 Å². The fraction of sp³-hybridized carbons (Fsp3) is 0.0417. The van der Waals surface area contributed by atoms with Gasteiger partial charge >= 0.3 is 0 Å². The zero-order valence-corrected chi connectivity index (χ0v) is 29.9. The van der Waals surface area contributed by atoms with Crippen LogP contribution in [0.3, 0.4) is 0 Å². The molecule has 1 nitrogen and oxygen atoms in total. The molecule has 0 fully saturated rings. The predicted molar refractivity (Wildman–Crippen MR) is 215 cm³/mol. The van der Waals surface area contributed by atoms with Crippen molar-refractivity contribution in [1.82, 2.24) is 0 Å². The summed E-state index contributed by atoms with van der Waals surface area (Å²) in [5.74, 6) is 0. The van der Waals surface area contributed by atoms with E-state index in [-0.39, 0.29) is 0 Å². The number of benzene rings is 7. The molecule has 51 heavy (non-hydrogen) atoms. The highest BCUT2D eigenvalue weighted by Gasteiger charge is 2.36. The lowest BCUT2D eigenvalue weighted by Crippen LogP contribution is -2.08. The summed E-state index contributed by atoms with van der Waals surface area (Å²) in [6.07, 6.45) is 9.00. The van der Waals surface area contributed by atoms with Gasteiger partial charge in [0.05, 0.1) is 0 Å². The van der Waals surface area contributed by atoms with Crippen molar-refractivity contribution < 1.29 is 4.42 Å². The molecule has 248 valence electrons. The van der Waals surface area contributed by atoms with Gasteiger partial charge in [-0.3, -0.25) is 0 Å². The Bertz CT molecular complexity index is 2370. The SMILES string of the molecule is C1=CCCC(S(c2ccccc2)(c2ccccc2)c2ccc3oc4ccc(S(c5ccccc5)(c5ccccc5)c5ccccc5)cc4c3c2)=C1. The number of allylic oxidation sites excluding steroid dienone is 4. The van der Waals surface area contributed by atoms with Gasteiger partial charge in [0, 0.05) is 45.0 Å². The van der Waals surface area contributed by atoms with Gasteiger partial charge < -0.3 is 4.42 Å². The van der Waals surface area contributed by atoms with Crippen molar-refractivity contribution in [3.8, 4) is 0 Å². The van der Waals surface area contributed by atoms with E-state index in [2.05, 4.69) is 206 Å². The summed E-state index contributed by atoms with van der Waals surface area (Å²) in [6, 6.07) is 69.4. The van der Waals surface area contributed by atoms with Crippen LogP contribution >= 0.6 is 20.1 Å². The summed E-state index contributed by atoms with van der Waals surface area (Å²) in [6.45, 7) is 0. The molecule has 3 heteroatoms. The van der Waals surface area contributed by atoms with Crippen molar-refractivity contribution in [2.45, 2.75) is 47.1 Å². The normalized spacial score (nSPS) is 14.0. The zero-order valence-electron chi connectivity index (χ0n) is 28.3. The first kappa shape index (κ1) is 31.5. The van der Waals surface area contributed by atoms with Crippen molar-refractivity contribution in [2.24, 2.45) is 0 Å². The smallest absolute Gasteiger partial charge is 0.135 e. The van der Waals surface area contributed by atoms with E-state index >= 15 is 0 Å². The second kappa shape index (κ2) is 13.3. The van der Waals surface area contributed by atoms with E-state index in [0.717, 1.165) is 34.8 Å². The fourth-order valence-corrected chi connectivity index (χ4v) is 15.8. The number of furan rings is 1. The predicted octanol–water partition coefficient (Wildman–Crippen LogP) is 14.4. The average Bonchev–Trinajstić information content (AvgIpc) is 3.59. The number of fused-ring (bicyclic) bond motifs is 3. The van der Waals surface area contributed by atoms with Crippen LogP contribution in [-0.2, 0) is 0 Å². The average molecular weight is 695 g/mol. The highest BCUT2D eigenvalue weighted by molar-refractivity contribution is 8.37. The highest BCUT2D eigenvalue weighted by atomic mass is 32.3. The molecular weight excluding hydrogens is 657 g/mol. The van der Waals surface area contributed by atoms with Crippen molar-refractivity contribution in [2.75, 3.05) is 0 Å². The lowest BCUT2D eigenvalue weighted by Gasteiger charge is -2.44. The van der Waals surface area contributed by atoms with Gasteiger partial charge in [-0.15, -0.1) is 20.1 Å². The second-order valence-electron chi connectivity index (χ2n) is 12.8. The van der Waals surface area contributed by atoms with Crippen molar-refractivity contribution in [3.05, 3.63) is 211 Å². The topological polar surface area (TPSA) is 13.1 Å². The van der Waals surface area contributed by atoms with Crippen LogP contribution in [0.4, 0.5) is 0 Å². The van der Waals surface area contributed by atoms with Crippen molar-refractivity contribution in [3.63, 3.8) is 0 Å². The molecule has 0 bridgehead atoms. The minimum Gasteiger partial charge on any atom is -0.456 e. The van der Waals surface area contributed by atoms with Crippen molar-refractivity contribution >= 4 is 42.0 Å². The van der Waals surface area contributed by atoms with Gasteiger partial charge in [-0.25, -0.2) is 0 Å². The molecule has 1 aromatic heterocycles. The minimum atomic E-state index is -1.84. The van der Waals surface area contributed by atoms with E-state index in [1.807, 2.05) is 0 Å². The molecule has 0 aliphatic heterocycles. The van der Waals surface area contributed by atoms with E-state index in [1.165, 1.54) is 39.2 Å². The van der Waals surface area contributed by atoms with Gasteiger partial charge in [0.2, 0.25) is 0 Å². The lowest BCUT2D eigenvalue weighted by molar-refractivity contribution is 0.668. The molecule has 0 radical (unpaired) electrons. The quantitative estimate of drug-likeness (QED) is 0.154. The zero-order chi connectivity index (χ0) is 34.1. The van der Waals surface area contributed by atoms with E-state index in [1.54, 1.807) is 0 Å². The first-order valence-electron chi connectivity index (χ1n) is 17.5. The Labute approximate surface area is 303 Å². The number of rotatable bonds is 8. The minimum absolute atomic E-state index is 0.910. The summed E-state index contributed by atoms with van der Waals surface area (Å²) in [5.41, 5.74) is 1.82. The maximum atomic E-state index is 6.65. The molecule has 0 saturated carbocycles. The van der Waals surface area contributed by atoms with E-state index in [0.29, 0.717) is 0 Å². The third-order valence-electron chi connectivity index (χ3n) is 9.97. The van der Waals surface area contributed by atoms with Crippen LogP contribution in [0.1, 0.15) is 12.8 Å². The standard InChI is InChI=1S/C48H38OS2/c1-7-19-37(20-8-1)50(38-21-9-2-10-22-38,39-23-11-3-12-24-39)43-31-33-47-45(35-43)46-36-44(32-34-48(46)49-47)51(40-25-13-4-14-26-40,41-27-15-5-16-28-41)42-29-17-6-18-30-42/h1-17,19-29,31-36H,18,30H2. The molecule has 1 heterocycles. The molecule has 0 atom stereocenters. The van der Waals surface area contributed by atoms with Gasteiger partial charge in [-0.1, -0.05) is 109 Å².